The third-order valence-electron chi connectivity index (χ3n) is 4.24. The van der Waals surface area contributed by atoms with Gasteiger partial charge in [-0.25, -0.2) is 9.97 Å². The number of thiophene rings is 1. The normalized spacial score (nSPS) is 16.4. The van der Waals surface area contributed by atoms with Crippen LogP contribution in [0.2, 0.25) is 0 Å². The van der Waals surface area contributed by atoms with Crippen molar-refractivity contribution in [2.24, 2.45) is 0 Å². The van der Waals surface area contributed by atoms with E-state index in [0.29, 0.717) is 0 Å². The minimum absolute atomic E-state index is 0.784. The summed E-state index contributed by atoms with van der Waals surface area (Å²) >= 11 is 1.72. The SMILES string of the molecule is Cc1csc2c(NCCN(C)C3CCCC3)ncnc12. The van der Waals surface area contributed by atoms with Crippen LogP contribution in [0.25, 0.3) is 10.2 Å². The summed E-state index contributed by atoms with van der Waals surface area (Å²) in [5.41, 5.74) is 2.31. The summed E-state index contributed by atoms with van der Waals surface area (Å²) in [6.07, 6.45) is 7.16. The van der Waals surface area contributed by atoms with Crippen molar-refractivity contribution in [3.8, 4) is 0 Å². The van der Waals surface area contributed by atoms with Crippen LogP contribution in [0, 0.1) is 6.92 Å². The molecular formula is C15H22N4S. The summed E-state index contributed by atoms with van der Waals surface area (Å²) in [5.74, 6) is 0.980. The number of aromatic nitrogens is 2. The van der Waals surface area contributed by atoms with Gasteiger partial charge in [-0.3, -0.25) is 0 Å². The highest BCUT2D eigenvalue weighted by Gasteiger charge is 2.18. The molecule has 0 atom stereocenters. The molecule has 1 saturated carbocycles. The first-order valence-electron chi connectivity index (χ1n) is 7.38. The van der Waals surface area contributed by atoms with Gasteiger partial charge >= 0.3 is 0 Å². The van der Waals surface area contributed by atoms with Gasteiger partial charge in [-0.2, -0.15) is 0 Å². The molecule has 1 N–H and O–H groups in total. The number of fused-ring (bicyclic) bond motifs is 1. The van der Waals surface area contributed by atoms with E-state index >= 15 is 0 Å². The highest BCUT2D eigenvalue weighted by Crippen LogP contribution is 2.28. The maximum atomic E-state index is 4.38. The number of rotatable bonds is 5. The summed E-state index contributed by atoms with van der Waals surface area (Å²) < 4.78 is 1.17. The third kappa shape index (κ3) is 2.79. The molecular weight excluding hydrogens is 268 g/mol. The molecule has 108 valence electrons. The largest absolute Gasteiger partial charge is 0.367 e. The summed E-state index contributed by atoms with van der Waals surface area (Å²) in [6, 6.07) is 0.784. The lowest BCUT2D eigenvalue weighted by atomic mass is 10.2. The Labute approximate surface area is 124 Å². The predicted octanol–water partition coefficient (Wildman–Crippen LogP) is 3.29. The molecule has 2 heterocycles. The van der Waals surface area contributed by atoms with Crippen LogP contribution in [0.1, 0.15) is 31.2 Å². The van der Waals surface area contributed by atoms with E-state index in [4.69, 9.17) is 0 Å². The summed E-state index contributed by atoms with van der Waals surface area (Å²) in [7, 11) is 2.24. The number of aryl methyl sites for hydroxylation is 1. The summed E-state index contributed by atoms with van der Waals surface area (Å²) in [5, 5.41) is 5.62. The van der Waals surface area contributed by atoms with Crippen molar-refractivity contribution in [1.82, 2.24) is 14.9 Å². The van der Waals surface area contributed by atoms with E-state index in [9.17, 15) is 0 Å². The molecule has 2 aromatic rings. The zero-order valence-electron chi connectivity index (χ0n) is 12.2. The van der Waals surface area contributed by atoms with Crippen LogP contribution in [-0.4, -0.2) is 41.0 Å². The van der Waals surface area contributed by atoms with Crippen molar-refractivity contribution in [3.05, 3.63) is 17.3 Å². The van der Waals surface area contributed by atoms with E-state index in [-0.39, 0.29) is 0 Å². The Morgan fingerprint density at radius 2 is 2.15 bits per heavy atom. The van der Waals surface area contributed by atoms with Gasteiger partial charge in [0.1, 0.15) is 12.1 Å². The van der Waals surface area contributed by atoms with E-state index in [1.165, 1.54) is 35.9 Å². The lowest BCUT2D eigenvalue weighted by Crippen LogP contribution is -2.33. The van der Waals surface area contributed by atoms with Crippen LogP contribution in [0.15, 0.2) is 11.7 Å². The average molecular weight is 290 g/mol. The molecule has 0 unspecified atom stereocenters. The van der Waals surface area contributed by atoms with Crippen LogP contribution in [-0.2, 0) is 0 Å². The zero-order valence-corrected chi connectivity index (χ0v) is 13.0. The second-order valence-corrected chi connectivity index (χ2v) is 6.54. The van der Waals surface area contributed by atoms with Crippen molar-refractivity contribution in [3.63, 3.8) is 0 Å². The molecule has 0 amide bonds. The smallest absolute Gasteiger partial charge is 0.147 e. The number of nitrogens with zero attached hydrogens (tertiary/aromatic N) is 3. The van der Waals surface area contributed by atoms with E-state index in [2.05, 4.69) is 39.5 Å². The molecule has 1 aliphatic carbocycles. The Morgan fingerprint density at radius 3 is 2.95 bits per heavy atom. The maximum Gasteiger partial charge on any atom is 0.147 e. The van der Waals surface area contributed by atoms with E-state index in [1.807, 2.05) is 0 Å². The number of nitrogens with one attached hydrogen (secondary N) is 1. The van der Waals surface area contributed by atoms with Gasteiger partial charge in [0.05, 0.1) is 10.2 Å². The first-order chi connectivity index (χ1) is 9.75. The van der Waals surface area contributed by atoms with Gasteiger partial charge in [-0.05, 0) is 37.8 Å². The number of hydrogen-bond acceptors (Lipinski definition) is 5. The molecule has 2 aromatic heterocycles. The fraction of sp³-hybridized carbons (Fsp3) is 0.600. The minimum atomic E-state index is 0.784. The molecule has 4 nitrogen and oxygen atoms in total. The molecule has 20 heavy (non-hydrogen) atoms. The molecule has 0 radical (unpaired) electrons. The van der Waals surface area contributed by atoms with Crippen LogP contribution < -0.4 is 5.32 Å². The Morgan fingerprint density at radius 1 is 1.35 bits per heavy atom. The molecule has 3 rings (SSSR count). The van der Waals surface area contributed by atoms with E-state index in [0.717, 1.165) is 30.5 Å². The fourth-order valence-corrected chi connectivity index (χ4v) is 3.94. The standard InChI is InChI=1S/C15H22N4S/c1-11-9-20-14-13(11)17-10-18-15(14)16-7-8-19(2)12-5-3-4-6-12/h9-10,12H,3-8H2,1-2H3,(H,16,17,18). The molecule has 0 aromatic carbocycles. The highest BCUT2D eigenvalue weighted by atomic mass is 32.1. The van der Waals surface area contributed by atoms with Gasteiger partial charge in [0.2, 0.25) is 0 Å². The number of anilines is 1. The van der Waals surface area contributed by atoms with Gasteiger partial charge in [-0.1, -0.05) is 12.8 Å². The minimum Gasteiger partial charge on any atom is -0.367 e. The number of hydrogen-bond donors (Lipinski definition) is 1. The van der Waals surface area contributed by atoms with Crippen molar-refractivity contribution in [1.29, 1.82) is 0 Å². The van der Waals surface area contributed by atoms with Crippen LogP contribution >= 0.6 is 11.3 Å². The maximum absolute atomic E-state index is 4.38. The summed E-state index contributed by atoms with van der Waals surface area (Å²) in [6.45, 7) is 4.11. The van der Waals surface area contributed by atoms with Crippen molar-refractivity contribution < 1.29 is 0 Å². The first-order valence-corrected chi connectivity index (χ1v) is 8.26. The topological polar surface area (TPSA) is 41.0 Å². The Kier molecular flexibility index (Phi) is 4.17. The molecule has 0 saturated heterocycles. The Bertz CT molecular complexity index is 574. The van der Waals surface area contributed by atoms with Crippen molar-refractivity contribution >= 4 is 27.4 Å². The van der Waals surface area contributed by atoms with E-state index in [1.54, 1.807) is 17.7 Å². The Hall–Kier alpha value is -1.20. The highest BCUT2D eigenvalue weighted by molar-refractivity contribution is 7.18. The molecule has 0 spiro atoms. The van der Waals surface area contributed by atoms with Crippen LogP contribution in [0.5, 0.6) is 0 Å². The molecule has 5 heteroatoms. The van der Waals surface area contributed by atoms with Gasteiger partial charge in [0.25, 0.3) is 0 Å². The lowest BCUT2D eigenvalue weighted by molar-refractivity contribution is 0.254. The molecule has 1 aliphatic rings. The van der Waals surface area contributed by atoms with E-state index < -0.39 is 0 Å². The molecule has 0 bridgehead atoms. The Balaban J connectivity index is 1.59. The second kappa shape index (κ2) is 6.06. The first kappa shape index (κ1) is 13.8. The van der Waals surface area contributed by atoms with Crippen LogP contribution in [0.4, 0.5) is 5.82 Å². The number of likely N-dealkylation sites (N-methyl/N-ethyl adjacent to an activating group) is 1. The molecule has 1 fully saturated rings. The van der Waals surface area contributed by atoms with Crippen molar-refractivity contribution in [2.45, 2.75) is 38.6 Å². The molecule has 0 aliphatic heterocycles. The predicted molar refractivity (Wildman–Crippen MR) is 85.5 cm³/mol. The van der Waals surface area contributed by atoms with Gasteiger partial charge in [-0.15, -0.1) is 11.3 Å². The summed E-state index contributed by atoms with van der Waals surface area (Å²) in [4.78, 5) is 11.2. The second-order valence-electron chi connectivity index (χ2n) is 5.66. The van der Waals surface area contributed by atoms with Gasteiger partial charge < -0.3 is 10.2 Å². The van der Waals surface area contributed by atoms with Crippen molar-refractivity contribution in [2.75, 3.05) is 25.5 Å². The quantitative estimate of drug-likeness (QED) is 0.917. The van der Waals surface area contributed by atoms with Gasteiger partial charge in [0, 0.05) is 19.1 Å². The fourth-order valence-electron chi connectivity index (χ4n) is 2.97. The average Bonchev–Trinajstić information content (AvgIpc) is 3.10. The van der Waals surface area contributed by atoms with Crippen LogP contribution in [0.3, 0.4) is 0 Å². The third-order valence-corrected chi connectivity index (χ3v) is 5.33. The lowest BCUT2D eigenvalue weighted by Gasteiger charge is -2.24. The van der Waals surface area contributed by atoms with Gasteiger partial charge in [0.15, 0.2) is 0 Å². The monoisotopic (exact) mass is 290 g/mol. The zero-order chi connectivity index (χ0) is 13.9.